The van der Waals surface area contributed by atoms with E-state index in [1.807, 2.05) is 18.4 Å². The Labute approximate surface area is 168 Å². The molecule has 0 aliphatic rings. The molecule has 8 heteroatoms. The highest BCUT2D eigenvalue weighted by Gasteiger charge is 2.17. The van der Waals surface area contributed by atoms with Crippen molar-refractivity contribution in [3.63, 3.8) is 0 Å². The molecule has 2 aromatic carbocycles. The van der Waals surface area contributed by atoms with Crippen molar-refractivity contribution >= 4 is 33.0 Å². The highest BCUT2D eigenvalue weighted by molar-refractivity contribution is 7.92. The van der Waals surface area contributed by atoms with Crippen LogP contribution in [0.2, 0.25) is 0 Å². The van der Waals surface area contributed by atoms with Crippen LogP contribution >= 0.6 is 11.3 Å². The Kier molecular flexibility index (Phi) is 6.01. The summed E-state index contributed by atoms with van der Waals surface area (Å²) in [6, 6.07) is 14.5. The summed E-state index contributed by atoms with van der Waals surface area (Å²) in [7, 11) is -2.33. The van der Waals surface area contributed by atoms with Gasteiger partial charge in [-0.3, -0.25) is 9.52 Å². The third-order valence-corrected chi connectivity index (χ3v) is 6.56. The maximum atomic E-state index is 12.6. The fourth-order valence-corrected chi connectivity index (χ4v) is 4.48. The first-order valence-electron chi connectivity index (χ1n) is 8.48. The minimum absolute atomic E-state index is 0.0593. The first-order valence-corrected chi connectivity index (χ1v) is 10.8. The SMILES string of the molecule is COc1ccccc1NS(=O)(=O)c1ccc(C(=O)NCc2sccc2C)cc1. The fourth-order valence-electron chi connectivity index (χ4n) is 2.57. The molecule has 0 saturated carbocycles. The minimum atomic E-state index is -3.80. The van der Waals surface area contributed by atoms with Crippen LogP contribution in [0.5, 0.6) is 5.75 Å². The van der Waals surface area contributed by atoms with E-state index in [1.165, 1.54) is 31.4 Å². The zero-order valence-electron chi connectivity index (χ0n) is 15.4. The number of anilines is 1. The van der Waals surface area contributed by atoms with Gasteiger partial charge in [0.15, 0.2) is 0 Å². The van der Waals surface area contributed by atoms with Crippen LogP contribution in [-0.4, -0.2) is 21.4 Å². The van der Waals surface area contributed by atoms with E-state index < -0.39 is 10.0 Å². The Hall–Kier alpha value is -2.84. The summed E-state index contributed by atoms with van der Waals surface area (Å²) in [5.41, 5.74) is 1.87. The van der Waals surface area contributed by atoms with Crippen molar-refractivity contribution in [2.45, 2.75) is 18.4 Å². The van der Waals surface area contributed by atoms with Crippen molar-refractivity contribution in [2.75, 3.05) is 11.8 Å². The van der Waals surface area contributed by atoms with E-state index >= 15 is 0 Å². The normalized spacial score (nSPS) is 11.1. The number of carbonyl (C=O) groups is 1. The van der Waals surface area contributed by atoms with Crippen molar-refractivity contribution in [3.05, 3.63) is 76.0 Å². The van der Waals surface area contributed by atoms with Gasteiger partial charge in [-0.15, -0.1) is 11.3 Å². The quantitative estimate of drug-likeness (QED) is 0.614. The zero-order valence-corrected chi connectivity index (χ0v) is 17.1. The molecule has 0 saturated heterocycles. The van der Waals surface area contributed by atoms with Gasteiger partial charge in [-0.05, 0) is 60.3 Å². The summed E-state index contributed by atoms with van der Waals surface area (Å²) >= 11 is 1.58. The van der Waals surface area contributed by atoms with Gasteiger partial charge in [0, 0.05) is 10.4 Å². The van der Waals surface area contributed by atoms with Crippen molar-refractivity contribution in [1.29, 1.82) is 0 Å². The molecular formula is C20H20N2O4S2. The lowest BCUT2D eigenvalue weighted by molar-refractivity contribution is 0.0951. The molecule has 0 fully saturated rings. The van der Waals surface area contributed by atoms with E-state index in [2.05, 4.69) is 10.0 Å². The molecule has 0 radical (unpaired) electrons. The summed E-state index contributed by atoms with van der Waals surface area (Å²) in [5.74, 6) is 0.167. The first-order chi connectivity index (χ1) is 13.4. The molecule has 28 heavy (non-hydrogen) atoms. The van der Waals surface area contributed by atoms with E-state index in [-0.39, 0.29) is 10.8 Å². The average Bonchev–Trinajstić information content (AvgIpc) is 3.11. The summed E-state index contributed by atoms with van der Waals surface area (Å²) < 4.78 is 32.9. The number of ether oxygens (including phenoxy) is 1. The van der Waals surface area contributed by atoms with Crippen LogP contribution in [0.4, 0.5) is 5.69 Å². The van der Waals surface area contributed by atoms with Crippen LogP contribution < -0.4 is 14.8 Å². The smallest absolute Gasteiger partial charge is 0.262 e. The second-order valence-electron chi connectivity index (χ2n) is 6.04. The second-order valence-corrected chi connectivity index (χ2v) is 8.72. The predicted molar refractivity (Wildman–Crippen MR) is 110 cm³/mol. The van der Waals surface area contributed by atoms with Crippen LogP contribution in [0, 0.1) is 6.92 Å². The Morgan fingerprint density at radius 2 is 1.79 bits per heavy atom. The number of hydrogen-bond acceptors (Lipinski definition) is 5. The van der Waals surface area contributed by atoms with Crippen LogP contribution in [-0.2, 0) is 16.6 Å². The Morgan fingerprint density at radius 1 is 1.07 bits per heavy atom. The van der Waals surface area contributed by atoms with Crippen molar-refractivity contribution in [2.24, 2.45) is 0 Å². The van der Waals surface area contributed by atoms with E-state index in [1.54, 1.807) is 35.6 Å². The molecule has 0 atom stereocenters. The van der Waals surface area contributed by atoms with Gasteiger partial charge in [0.2, 0.25) is 0 Å². The number of carbonyl (C=O) groups excluding carboxylic acids is 1. The average molecular weight is 417 g/mol. The molecule has 0 bridgehead atoms. The Balaban J connectivity index is 1.70. The van der Waals surface area contributed by atoms with Crippen LogP contribution in [0.15, 0.2) is 64.9 Å². The number of hydrogen-bond donors (Lipinski definition) is 2. The molecule has 0 aliphatic carbocycles. The first kappa shape index (κ1) is 19.9. The number of methoxy groups -OCH3 is 1. The molecule has 1 heterocycles. The number of rotatable bonds is 7. The van der Waals surface area contributed by atoms with E-state index in [9.17, 15) is 13.2 Å². The zero-order chi connectivity index (χ0) is 20.1. The van der Waals surface area contributed by atoms with Gasteiger partial charge in [-0.2, -0.15) is 0 Å². The molecule has 2 N–H and O–H groups in total. The molecule has 0 unspecified atom stereocenters. The number of thiophene rings is 1. The van der Waals surface area contributed by atoms with Gasteiger partial charge < -0.3 is 10.1 Å². The molecule has 3 rings (SSSR count). The summed E-state index contributed by atoms with van der Waals surface area (Å²) in [6.07, 6.45) is 0. The lowest BCUT2D eigenvalue weighted by Gasteiger charge is -2.12. The van der Waals surface area contributed by atoms with Crippen molar-refractivity contribution in [1.82, 2.24) is 5.32 Å². The monoisotopic (exact) mass is 416 g/mol. The second kappa shape index (κ2) is 8.45. The molecule has 3 aromatic rings. The fraction of sp³-hybridized carbons (Fsp3) is 0.150. The molecule has 146 valence electrons. The maximum absolute atomic E-state index is 12.6. The molecule has 6 nitrogen and oxygen atoms in total. The standard InChI is InChI=1S/C20H20N2O4S2/c1-14-11-12-27-19(14)13-21-20(23)15-7-9-16(10-8-15)28(24,25)22-17-5-3-4-6-18(17)26-2/h3-12,22H,13H2,1-2H3,(H,21,23). The Morgan fingerprint density at radius 3 is 2.43 bits per heavy atom. The lowest BCUT2D eigenvalue weighted by Crippen LogP contribution is -2.22. The third kappa shape index (κ3) is 4.52. The molecular weight excluding hydrogens is 396 g/mol. The predicted octanol–water partition coefficient (Wildman–Crippen LogP) is 3.80. The number of amides is 1. The summed E-state index contributed by atoms with van der Waals surface area (Å²) in [4.78, 5) is 13.4. The topological polar surface area (TPSA) is 84.5 Å². The van der Waals surface area contributed by atoms with Gasteiger partial charge in [0.1, 0.15) is 5.75 Å². The summed E-state index contributed by atoms with van der Waals surface area (Å²) in [6.45, 7) is 2.43. The molecule has 0 aliphatic heterocycles. The van der Waals surface area contributed by atoms with Crippen LogP contribution in [0.1, 0.15) is 20.8 Å². The lowest BCUT2D eigenvalue weighted by atomic mass is 10.2. The van der Waals surface area contributed by atoms with Gasteiger partial charge in [-0.25, -0.2) is 8.42 Å². The van der Waals surface area contributed by atoms with Crippen molar-refractivity contribution in [3.8, 4) is 5.75 Å². The highest BCUT2D eigenvalue weighted by atomic mass is 32.2. The van der Waals surface area contributed by atoms with E-state index in [4.69, 9.17) is 4.74 Å². The molecule has 1 amide bonds. The van der Waals surface area contributed by atoms with E-state index in [0.717, 1.165) is 10.4 Å². The number of aryl methyl sites for hydroxylation is 1. The minimum Gasteiger partial charge on any atom is -0.495 e. The number of sulfonamides is 1. The summed E-state index contributed by atoms with van der Waals surface area (Å²) in [5, 5.41) is 4.82. The van der Waals surface area contributed by atoms with Gasteiger partial charge in [0.25, 0.3) is 15.9 Å². The van der Waals surface area contributed by atoms with Crippen LogP contribution in [0.25, 0.3) is 0 Å². The molecule has 1 aromatic heterocycles. The van der Waals surface area contributed by atoms with Crippen LogP contribution in [0.3, 0.4) is 0 Å². The van der Waals surface area contributed by atoms with Crippen molar-refractivity contribution < 1.29 is 17.9 Å². The number of para-hydroxylation sites is 2. The largest absolute Gasteiger partial charge is 0.495 e. The molecule has 0 spiro atoms. The Bertz CT molecular complexity index is 1070. The number of benzene rings is 2. The maximum Gasteiger partial charge on any atom is 0.262 e. The highest BCUT2D eigenvalue weighted by Crippen LogP contribution is 2.26. The van der Waals surface area contributed by atoms with Gasteiger partial charge in [-0.1, -0.05) is 12.1 Å². The number of nitrogens with one attached hydrogen (secondary N) is 2. The third-order valence-electron chi connectivity index (χ3n) is 4.16. The van der Waals surface area contributed by atoms with Gasteiger partial charge in [0.05, 0.1) is 24.2 Å². The van der Waals surface area contributed by atoms with Gasteiger partial charge >= 0.3 is 0 Å². The van der Waals surface area contributed by atoms with E-state index in [0.29, 0.717) is 23.5 Å².